The van der Waals surface area contributed by atoms with Crippen LogP contribution in [0.5, 0.6) is 0 Å². The first kappa shape index (κ1) is 22.3. The van der Waals surface area contributed by atoms with Gasteiger partial charge in [0.1, 0.15) is 18.3 Å². The molecule has 0 aromatic heterocycles. The number of nitrogens with zero attached hydrogens (tertiary/aromatic N) is 1. The summed E-state index contributed by atoms with van der Waals surface area (Å²) in [5.74, 6) is -0.658. The van der Waals surface area contributed by atoms with E-state index >= 15 is 0 Å². The van der Waals surface area contributed by atoms with E-state index in [4.69, 9.17) is 5.11 Å². The summed E-state index contributed by atoms with van der Waals surface area (Å²) >= 11 is 0. The van der Waals surface area contributed by atoms with Crippen molar-refractivity contribution in [1.29, 1.82) is 0 Å². The molecular formula is C16H33NO6. The maximum Gasteiger partial charge on any atom is 0.254 e. The molecule has 138 valence electrons. The molecule has 0 aliphatic carbocycles. The third-order valence-corrected chi connectivity index (χ3v) is 3.88. The van der Waals surface area contributed by atoms with Gasteiger partial charge in [0.15, 0.2) is 6.10 Å². The number of carbonyl (C=O) groups excluding carboxylic acids is 1. The molecule has 7 heteroatoms. The predicted octanol–water partition coefficient (Wildman–Crippen LogP) is -0.369. The molecule has 4 atom stereocenters. The van der Waals surface area contributed by atoms with Crippen molar-refractivity contribution in [2.75, 3.05) is 19.7 Å². The highest BCUT2D eigenvalue weighted by Crippen LogP contribution is 2.11. The summed E-state index contributed by atoms with van der Waals surface area (Å²) in [6.07, 6.45) is -1.53. The van der Waals surface area contributed by atoms with Crippen LogP contribution >= 0.6 is 0 Å². The van der Waals surface area contributed by atoms with Gasteiger partial charge in [-0.3, -0.25) is 4.79 Å². The van der Waals surface area contributed by atoms with Crippen LogP contribution in [-0.2, 0) is 4.79 Å². The van der Waals surface area contributed by atoms with Gasteiger partial charge in [0.2, 0.25) is 0 Å². The molecule has 5 N–H and O–H groups in total. The second kappa shape index (κ2) is 12.7. The number of aliphatic hydroxyl groups is 5. The third kappa shape index (κ3) is 8.08. The van der Waals surface area contributed by atoms with Gasteiger partial charge in [-0.1, -0.05) is 39.5 Å². The van der Waals surface area contributed by atoms with Gasteiger partial charge in [-0.25, -0.2) is 0 Å². The summed E-state index contributed by atoms with van der Waals surface area (Å²) in [5.41, 5.74) is 0. The Balaban J connectivity index is 4.73. The zero-order valence-corrected chi connectivity index (χ0v) is 14.3. The van der Waals surface area contributed by atoms with Gasteiger partial charge >= 0.3 is 0 Å². The van der Waals surface area contributed by atoms with Gasteiger partial charge in [-0.2, -0.15) is 0 Å². The molecule has 0 aliphatic heterocycles. The largest absolute Gasteiger partial charge is 0.394 e. The van der Waals surface area contributed by atoms with Gasteiger partial charge in [-0.15, -0.1) is 0 Å². The Morgan fingerprint density at radius 3 is 1.74 bits per heavy atom. The standard InChI is InChI=1S/C16H33NO6/c1-3-5-7-9-17(10-8-6-4-2)16(23)15(22)14(21)13(20)12(19)11-18/h12-15,18-22H,3-11H2,1-2H3. The lowest BCUT2D eigenvalue weighted by molar-refractivity contribution is -0.158. The molecule has 7 nitrogen and oxygen atoms in total. The second-order valence-corrected chi connectivity index (χ2v) is 5.92. The lowest BCUT2D eigenvalue weighted by Gasteiger charge is -2.30. The molecule has 0 bridgehead atoms. The Hall–Kier alpha value is -0.730. The molecule has 4 unspecified atom stereocenters. The van der Waals surface area contributed by atoms with Crippen LogP contribution in [0.2, 0.25) is 0 Å². The number of aliphatic hydroxyl groups excluding tert-OH is 5. The highest BCUT2D eigenvalue weighted by atomic mass is 16.4. The van der Waals surface area contributed by atoms with Crippen molar-refractivity contribution >= 4 is 5.91 Å². The van der Waals surface area contributed by atoms with Crippen molar-refractivity contribution in [3.05, 3.63) is 0 Å². The zero-order valence-electron chi connectivity index (χ0n) is 14.3. The number of unbranched alkanes of at least 4 members (excludes halogenated alkanes) is 4. The minimum Gasteiger partial charge on any atom is -0.394 e. The van der Waals surface area contributed by atoms with E-state index in [2.05, 4.69) is 13.8 Å². The first-order valence-corrected chi connectivity index (χ1v) is 8.52. The van der Waals surface area contributed by atoms with Gasteiger partial charge < -0.3 is 30.4 Å². The first-order chi connectivity index (χ1) is 10.9. The molecule has 1 amide bonds. The Morgan fingerprint density at radius 1 is 0.870 bits per heavy atom. The molecule has 0 fully saturated rings. The molecule has 23 heavy (non-hydrogen) atoms. The number of rotatable bonds is 13. The average molecular weight is 335 g/mol. The van der Waals surface area contributed by atoms with Gasteiger partial charge in [0, 0.05) is 13.1 Å². The summed E-state index contributed by atoms with van der Waals surface area (Å²) in [5, 5.41) is 47.5. The summed E-state index contributed by atoms with van der Waals surface area (Å²) in [7, 11) is 0. The predicted molar refractivity (Wildman–Crippen MR) is 86.7 cm³/mol. The smallest absolute Gasteiger partial charge is 0.254 e. The minimum atomic E-state index is -1.84. The Kier molecular flexibility index (Phi) is 12.3. The number of amides is 1. The third-order valence-electron chi connectivity index (χ3n) is 3.88. The highest BCUT2D eigenvalue weighted by molar-refractivity contribution is 5.81. The van der Waals surface area contributed by atoms with Crippen molar-refractivity contribution in [2.24, 2.45) is 0 Å². The van der Waals surface area contributed by atoms with E-state index in [0.29, 0.717) is 13.1 Å². The van der Waals surface area contributed by atoms with Crippen molar-refractivity contribution in [1.82, 2.24) is 4.90 Å². The van der Waals surface area contributed by atoms with E-state index in [-0.39, 0.29) is 0 Å². The molecule has 0 aromatic rings. The topological polar surface area (TPSA) is 121 Å². The number of carbonyl (C=O) groups is 1. The zero-order chi connectivity index (χ0) is 17.8. The van der Waals surface area contributed by atoms with E-state index in [0.717, 1.165) is 38.5 Å². The fraction of sp³-hybridized carbons (Fsp3) is 0.938. The summed E-state index contributed by atoms with van der Waals surface area (Å²) in [6, 6.07) is 0. The normalized spacial score (nSPS) is 16.7. The first-order valence-electron chi connectivity index (χ1n) is 8.52. The molecule has 0 heterocycles. The van der Waals surface area contributed by atoms with E-state index in [1.807, 2.05) is 0 Å². The SMILES string of the molecule is CCCCCN(CCCCC)C(=O)C(O)C(O)C(O)C(O)CO. The average Bonchev–Trinajstić information content (AvgIpc) is 2.57. The van der Waals surface area contributed by atoms with E-state index in [1.54, 1.807) is 0 Å². The number of hydrogen-bond donors (Lipinski definition) is 5. The summed E-state index contributed by atoms with van der Waals surface area (Å²) < 4.78 is 0. The van der Waals surface area contributed by atoms with E-state index in [1.165, 1.54) is 4.90 Å². The number of hydrogen-bond acceptors (Lipinski definition) is 6. The van der Waals surface area contributed by atoms with Crippen LogP contribution in [0.4, 0.5) is 0 Å². The van der Waals surface area contributed by atoms with Crippen LogP contribution in [0.25, 0.3) is 0 Å². The maximum absolute atomic E-state index is 12.3. The van der Waals surface area contributed by atoms with Crippen molar-refractivity contribution in [3.8, 4) is 0 Å². The van der Waals surface area contributed by atoms with Crippen LogP contribution in [0, 0.1) is 0 Å². The Labute approximate surface area is 138 Å². The van der Waals surface area contributed by atoms with Crippen molar-refractivity contribution < 1.29 is 30.3 Å². The molecule has 0 saturated carbocycles. The Morgan fingerprint density at radius 2 is 1.35 bits per heavy atom. The van der Waals surface area contributed by atoms with Crippen LogP contribution in [0.15, 0.2) is 0 Å². The fourth-order valence-corrected chi connectivity index (χ4v) is 2.29. The Bertz CT molecular complexity index is 305. The van der Waals surface area contributed by atoms with E-state index < -0.39 is 36.9 Å². The lowest BCUT2D eigenvalue weighted by Crippen LogP contribution is -2.52. The van der Waals surface area contributed by atoms with Crippen molar-refractivity contribution in [3.63, 3.8) is 0 Å². The molecular weight excluding hydrogens is 302 g/mol. The fourth-order valence-electron chi connectivity index (χ4n) is 2.29. The molecule has 0 rings (SSSR count). The van der Waals surface area contributed by atoms with Crippen LogP contribution in [-0.4, -0.2) is 80.5 Å². The molecule has 0 spiro atoms. The molecule has 0 radical (unpaired) electrons. The lowest BCUT2D eigenvalue weighted by atomic mass is 10.0. The quantitative estimate of drug-likeness (QED) is 0.293. The molecule has 0 saturated heterocycles. The summed E-state index contributed by atoms with van der Waals surface area (Å²) in [6.45, 7) is 4.30. The molecule has 0 aromatic carbocycles. The maximum atomic E-state index is 12.3. The van der Waals surface area contributed by atoms with Crippen molar-refractivity contribution in [2.45, 2.75) is 76.8 Å². The van der Waals surface area contributed by atoms with E-state index in [9.17, 15) is 25.2 Å². The van der Waals surface area contributed by atoms with Gasteiger partial charge in [-0.05, 0) is 12.8 Å². The minimum absolute atomic E-state index is 0.485. The highest BCUT2D eigenvalue weighted by Gasteiger charge is 2.36. The molecule has 0 aliphatic rings. The monoisotopic (exact) mass is 335 g/mol. The van der Waals surface area contributed by atoms with Crippen LogP contribution in [0.1, 0.15) is 52.4 Å². The van der Waals surface area contributed by atoms with Gasteiger partial charge in [0.25, 0.3) is 5.91 Å². The van der Waals surface area contributed by atoms with Crippen LogP contribution < -0.4 is 0 Å². The van der Waals surface area contributed by atoms with Crippen LogP contribution in [0.3, 0.4) is 0 Å². The summed E-state index contributed by atoms with van der Waals surface area (Å²) in [4.78, 5) is 13.8. The second-order valence-electron chi connectivity index (χ2n) is 5.92. The van der Waals surface area contributed by atoms with Gasteiger partial charge in [0.05, 0.1) is 6.61 Å².